The number of rotatable bonds is 1. The van der Waals surface area contributed by atoms with Crippen LogP contribution in [0.1, 0.15) is 55.6 Å². The molecule has 0 spiro atoms. The summed E-state index contributed by atoms with van der Waals surface area (Å²) in [5.74, 6) is -3.50. The highest BCUT2D eigenvalue weighted by Gasteiger charge is 2.42. The van der Waals surface area contributed by atoms with Crippen LogP contribution in [-0.4, -0.2) is 84.5 Å². The number of nitrogens with one attached hydrogen (secondary N) is 2. The Morgan fingerprint density at radius 2 is 1.72 bits per heavy atom. The average molecular weight is 658 g/mol. The van der Waals surface area contributed by atoms with Crippen molar-refractivity contribution in [1.82, 2.24) is 24.8 Å². The smallest absolute Gasteiger partial charge is 0.276 e. The number of fused-ring (bicyclic) bond motifs is 9. The fourth-order valence-electron chi connectivity index (χ4n) is 6.72. The Balaban J connectivity index is 1.44. The Morgan fingerprint density at radius 3 is 2.46 bits per heavy atom. The van der Waals surface area contributed by atoms with Crippen LogP contribution in [0, 0.1) is 12.8 Å². The first-order valence-corrected chi connectivity index (χ1v) is 17.8. The Hall–Kier alpha value is -3.65. The molecule has 1 aromatic carbocycles. The second-order valence-electron chi connectivity index (χ2n) is 12.7. The zero-order valence-electron chi connectivity index (χ0n) is 26.3. The molecule has 0 saturated carbocycles. The van der Waals surface area contributed by atoms with Gasteiger partial charge in [0, 0.05) is 37.2 Å². The van der Waals surface area contributed by atoms with Gasteiger partial charge >= 0.3 is 0 Å². The molecule has 2 aromatic heterocycles. The average Bonchev–Trinajstić information content (AvgIpc) is 3.02. The lowest BCUT2D eigenvalue weighted by Crippen LogP contribution is -2.44. The van der Waals surface area contributed by atoms with E-state index in [0.29, 0.717) is 61.5 Å². The molecule has 11 nitrogen and oxygen atoms in total. The van der Waals surface area contributed by atoms with Gasteiger partial charge in [0.15, 0.2) is 9.84 Å². The number of halogens is 2. The third kappa shape index (κ3) is 6.73. The summed E-state index contributed by atoms with van der Waals surface area (Å²) in [4.78, 5) is 40.2. The minimum atomic E-state index is -3.21. The number of aryl methyl sites for hydroxylation is 1. The van der Waals surface area contributed by atoms with Crippen molar-refractivity contribution < 1.29 is 22.0 Å². The van der Waals surface area contributed by atoms with E-state index in [4.69, 9.17) is 0 Å². The molecule has 0 aliphatic carbocycles. The van der Waals surface area contributed by atoms with Crippen LogP contribution < -0.4 is 21.1 Å². The van der Waals surface area contributed by atoms with Crippen molar-refractivity contribution >= 4 is 38.3 Å². The molecule has 4 aliphatic rings. The lowest BCUT2D eigenvalue weighted by molar-refractivity contribution is -0.121. The summed E-state index contributed by atoms with van der Waals surface area (Å²) in [5, 5.41) is 6.74. The van der Waals surface area contributed by atoms with Crippen LogP contribution in [0.4, 0.5) is 20.3 Å². The van der Waals surface area contributed by atoms with Crippen LogP contribution in [-0.2, 0) is 27.1 Å². The first-order chi connectivity index (χ1) is 21.9. The number of alkyl halides is 2. The molecule has 0 radical (unpaired) electrons. The molecule has 248 valence electrons. The number of hydrogen-bond acceptors (Lipinski definition) is 9. The van der Waals surface area contributed by atoms with Gasteiger partial charge in [-0.25, -0.2) is 27.2 Å². The molecule has 2 saturated heterocycles. The highest BCUT2D eigenvalue weighted by atomic mass is 32.2. The van der Waals surface area contributed by atoms with Gasteiger partial charge in [-0.1, -0.05) is 18.2 Å². The number of anilines is 2. The van der Waals surface area contributed by atoms with E-state index in [1.807, 2.05) is 6.92 Å². The summed E-state index contributed by atoms with van der Waals surface area (Å²) in [6.45, 7) is 5.94. The molecule has 1 amide bonds. The highest BCUT2D eigenvalue weighted by molar-refractivity contribution is 7.91. The maximum atomic E-state index is 15.9. The maximum Gasteiger partial charge on any atom is 0.276 e. The molecule has 4 aliphatic heterocycles. The molecule has 14 heteroatoms. The normalized spacial score (nSPS) is 25.4. The maximum absolute atomic E-state index is 15.9. The number of carbonyl (C=O) groups excluding carboxylic acids is 1. The lowest BCUT2D eigenvalue weighted by atomic mass is 9.85. The van der Waals surface area contributed by atoms with Crippen molar-refractivity contribution in [2.45, 2.75) is 58.0 Å². The van der Waals surface area contributed by atoms with Crippen LogP contribution in [0.25, 0.3) is 11.0 Å². The molecule has 6 heterocycles. The van der Waals surface area contributed by atoms with Crippen molar-refractivity contribution in [3.05, 3.63) is 57.6 Å². The molecular formula is C32H41F2N7O4S. The highest BCUT2D eigenvalue weighted by Crippen LogP contribution is 2.42. The predicted octanol–water partition coefficient (Wildman–Crippen LogP) is 3.22. The second-order valence-corrected chi connectivity index (χ2v) is 15.0. The number of hydrogen-bond donors (Lipinski definition) is 2. The van der Waals surface area contributed by atoms with Gasteiger partial charge in [0.25, 0.3) is 11.5 Å². The van der Waals surface area contributed by atoms with Gasteiger partial charge in [-0.15, -0.1) is 0 Å². The van der Waals surface area contributed by atoms with Gasteiger partial charge in [0.05, 0.1) is 16.9 Å². The molecule has 2 fully saturated rings. The summed E-state index contributed by atoms with van der Waals surface area (Å²) in [7, 11) is -3.21. The van der Waals surface area contributed by atoms with E-state index in [9.17, 15) is 18.0 Å². The lowest BCUT2D eigenvalue weighted by Gasteiger charge is -2.36. The molecule has 8 bridgehead atoms. The van der Waals surface area contributed by atoms with Crippen LogP contribution in [0.2, 0.25) is 0 Å². The molecule has 7 rings (SSSR count). The largest absolute Gasteiger partial charge is 0.365 e. The molecule has 2 N–H and O–H groups in total. The number of sulfone groups is 1. The van der Waals surface area contributed by atoms with Gasteiger partial charge in [-0.05, 0) is 76.9 Å². The standard InChI is InChI=1S/C32H41F2N7O4S/c1-21-23-6-5-7-25(18-23)32(33,34)24-8-12-39(13-9-24)11-4-3-10-35-28(42)20-41-30-26(29(36-21)37-22(2)38-30)19-27(31(41)43)40-14-16-46(44,45)17-15-40/h5-7,18-19,21,24H,3-4,8-17,20H2,1-2H3,(H,35,42)(H,36,37,38)/t21-/m1/s1. The van der Waals surface area contributed by atoms with Crippen molar-refractivity contribution in [3.63, 3.8) is 0 Å². The zero-order valence-corrected chi connectivity index (χ0v) is 27.1. The fraction of sp³-hybridized carbons (Fsp3) is 0.562. The third-order valence-electron chi connectivity index (χ3n) is 9.47. The predicted molar refractivity (Wildman–Crippen MR) is 173 cm³/mol. The molecular weight excluding hydrogens is 616 g/mol. The number of benzene rings is 1. The molecule has 1 atom stereocenters. The topological polar surface area (TPSA) is 130 Å². The third-order valence-corrected chi connectivity index (χ3v) is 11.1. The van der Waals surface area contributed by atoms with Crippen LogP contribution >= 0.6 is 0 Å². The Labute approximate surface area is 267 Å². The summed E-state index contributed by atoms with van der Waals surface area (Å²) < 4.78 is 57.4. The van der Waals surface area contributed by atoms with E-state index in [1.54, 1.807) is 36.1 Å². The van der Waals surface area contributed by atoms with E-state index in [2.05, 4.69) is 25.5 Å². The van der Waals surface area contributed by atoms with E-state index in [-0.39, 0.29) is 53.9 Å². The molecule has 0 unspecified atom stereocenters. The van der Waals surface area contributed by atoms with Gasteiger partial charge in [-0.2, -0.15) is 0 Å². The van der Waals surface area contributed by atoms with Crippen LogP contribution in [0.3, 0.4) is 0 Å². The minimum absolute atomic E-state index is 0.00696. The SMILES string of the molecule is Cc1nc2c3cc(N4CCS(=O)(=O)CC4)c(=O)n(c3n1)CC(=O)NCCCCN1CCC(CC1)C(F)(F)c1cccc(c1)[C@@H](C)N2. The molecule has 3 aromatic rings. The number of pyridine rings is 1. The van der Waals surface area contributed by atoms with Gasteiger partial charge < -0.3 is 20.4 Å². The minimum Gasteiger partial charge on any atom is -0.365 e. The Bertz CT molecular complexity index is 1780. The van der Waals surface area contributed by atoms with Gasteiger partial charge in [-0.3, -0.25) is 14.2 Å². The number of carbonyl (C=O) groups is 1. The number of nitrogens with zero attached hydrogens (tertiary/aromatic N) is 5. The number of amides is 1. The van der Waals surface area contributed by atoms with Crippen LogP contribution in [0.5, 0.6) is 0 Å². The van der Waals surface area contributed by atoms with Crippen molar-refractivity contribution in [2.75, 3.05) is 61.0 Å². The Kier molecular flexibility index (Phi) is 9.03. The van der Waals surface area contributed by atoms with Crippen molar-refractivity contribution in [1.29, 1.82) is 0 Å². The number of aromatic nitrogens is 3. The Morgan fingerprint density at radius 1 is 0.978 bits per heavy atom. The van der Waals surface area contributed by atoms with Crippen molar-refractivity contribution in [3.8, 4) is 0 Å². The van der Waals surface area contributed by atoms with E-state index >= 15 is 8.78 Å². The summed E-state index contributed by atoms with van der Waals surface area (Å²) in [6, 6.07) is 7.70. The summed E-state index contributed by atoms with van der Waals surface area (Å²) in [5.41, 5.74) is 0.705. The van der Waals surface area contributed by atoms with Gasteiger partial charge in [0.1, 0.15) is 29.5 Å². The van der Waals surface area contributed by atoms with E-state index in [0.717, 1.165) is 13.0 Å². The summed E-state index contributed by atoms with van der Waals surface area (Å²) in [6.07, 6.45) is 2.34. The first-order valence-electron chi connectivity index (χ1n) is 16.0. The zero-order chi connectivity index (χ0) is 32.6. The first kappa shape index (κ1) is 32.3. The fourth-order valence-corrected chi connectivity index (χ4v) is 7.92. The van der Waals surface area contributed by atoms with Gasteiger partial charge in [0.2, 0.25) is 5.91 Å². The second kappa shape index (κ2) is 12.9. The van der Waals surface area contributed by atoms with E-state index < -0.39 is 33.3 Å². The van der Waals surface area contributed by atoms with E-state index in [1.165, 1.54) is 10.6 Å². The summed E-state index contributed by atoms with van der Waals surface area (Å²) >= 11 is 0. The quantitative estimate of drug-likeness (QED) is 0.405. The molecule has 46 heavy (non-hydrogen) atoms. The van der Waals surface area contributed by atoms with Crippen molar-refractivity contribution in [2.24, 2.45) is 5.92 Å². The monoisotopic (exact) mass is 657 g/mol. The number of piperidine rings is 1. The van der Waals surface area contributed by atoms with Crippen LogP contribution in [0.15, 0.2) is 35.1 Å².